The van der Waals surface area contributed by atoms with Gasteiger partial charge in [0.05, 0.1) is 5.56 Å². The molecule has 0 aliphatic heterocycles. The van der Waals surface area contributed by atoms with Gasteiger partial charge in [-0.2, -0.15) is 0 Å². The quantitative estimate of drug-likeness (QED) is 0.697. The third-order valence-electron chi connectivity index (χ3n) is 2.84. The molecule has 1 aromatic rings. The number of hydrogen-bond donors (Lipinski definition) is 2. The molecule has 0 heterocycles. The fourth-order valence-electron chi connectivity index (χ4n) is 1.43. The molecule has 0 bridgehead atoms. The van der Waals surface area contributed by atoms with Gasteiger partial charge in [0, 0.05) is 6.54 Å². The second-order valence-electron chi connectivity index (χ2n) is 4.40. The Morgan fingerprint density at radius 3 is 2.61 bits per heavy atom. The van der Waals surface area contributed by atoms with Gasteiger partial charge in [-0.05, 0) is 36.7 Å². The largest absolute Gasteiger partial charge is 0.492 e. The van der Waals surface area contributed by atoms with Crippen molar-refractivity contribution in [3.8, 4) is 5.75 Å². The van der Waals surface area contributed by atoms with Crippen molar-refractivity contribution in [2.75, 3.05) is 19.7 Å². The van der Waals surface area contributed by atoms with Crippen LogP contribution in [0, 0.1) is 5.92 Å². The van der Waals surface area contributed by atoms with Crippen LogP contribution < -0.4 is 10.1 Å². The van der Waals surface area contributed by atoms with Crippen LogP contribution in [0.5, 0.6) is 5.75 Å². The first kappa shape index (κ1) is 14.5. The molecule has 0 aliphatic rings. The zero-order valence-corrected chi connectivity index (χ0v) is 11.0. The van der Waals surface area contributed by atoms with Crippen molar-refractivity contribution in [2.24, 2.45) is 5.92 Å². The van der Waals surface area contributed by atoms with Crippen LogP contribution >= 0.6 is 0 Å². The number of hydrogen-bond acceptors (Lipinski definition) is 3. The Labute approximate surface area is 108 Å². The standard InChI is InChI=1S/C14H21NO3/c1-3-11(2)10-15-8-9-18-13-6-4-12(5-7-13)14(16)17/h4-7,11,15H,3,8-10H2,1-2H3,(H,16,17). The van der Waals surface area contributed by atoms with Crippen molar-refractivity contribution in [3.63, 3.8) is 0 Å². The minimum Gasteiger partial charge on any atom is -0.492 e. The molecule has 2 N–H and O–H groups in total. The molecule has 0 spiro atoms. The summed E-state index contributed by atoms with van der Waals surface area (Å²) in [5, 5.41) is 12.1. The first-order valence-corrected chi connectivity index (χ1v) is 6.30. The molecule has 0 aliphatic carbocycles. The number of carboxylic acids is 1. The van der Waals surface area contributed by atoms with E-state index >= 15 is 0 Å². The van der Waals surface area contributed by atoms with Gasteiger partial charge in [-0.15, -0.1) is 0 Å². The van der Waals surface area contributed by atoms with E-state index in [4.69, 9.17) is 9.84 Å². The Morgan fingerprint density at radius 2 is 2.06 bits per heavy atom. The molecule has 1 aromatic carbocycles. The molecule has 18 heavy (non-hydrogen) atoms. The maximum Gasteiger partial charge on any atom is 0.335 e. The van der Waals surface area contributed by atoms with Gasteiger partial charge in [0.2, 0.25) is 0 Å². The summed E-state index contributed by atoms with van der Waals surface area (Å²) in [6, 6.07) is 6.45. The number of rotatable bonds is 8. The first-order valence-electron chi connectivity index (χ1n) is 6.30. The highest BCUT2D eigenvalue weighted by molar-refractivity contribution is 5.87. The molecular formula is C14H21NO3. The summed E-state index contributed by atoms with van der Waals surface area (Å²) in [5.41, 5.74) is 0.275. The van der Waals surface area contributed by atoms with Gasteiger partial charge in [-0.3, -0.25) is 0 Å². The van der Waals surface area contributed by atoms with E-state index < -0.39 is 5.97 Å². The fourth-order valence-corrected chi connectivity index (χ4v) is 1.43. The van der Waals surface area contributed by atoms with Gasteiger partial charge in [0.15, 0.2) is 0 Å². The monoisotopic (exact) mass is 251 g/mol. The number of nitrogens with one attached hydrogen (secondary N) is 1. The van der Waals surface area contributed by atoms with Gasteiger partial charge in [-0.25, -0.2) is 4.79 Å². The van der Waals surface area contributed by atoms with E-state index in [2.05, 4.69) is 19.2 Å². The minimum absolute atomic E-state index is 0.275. The zero-order valence-electron chi connectivity index (χ0n) is 11.0. The predicted octanol–water partition coefficient (Wildman–Crippen LogP) is 2.40. The van der Waals surface area contributed by atoms with Crippen molar-refractivity contribution in [2.45, 2.75) is 20.3 Å². The molecule has 1 atom stereocenters. The van der Waals surface area contributed by atoms with Crippen LogP contribution in [0.2, 0.25) is 0 Å². The lowest BCUT2D eigenvalue weighted by atomic mass is 10.1. The van der Waals surface area contributed by atoms with Gasteiger partial charge in [0.25, 0.3) is 0 Å². The third kappa shape index (κ3) is 5.19. The Bertz CT molecular complexity index is 362. The van der Waals surface area contributed by atoms with Crippen molar-refractivity contribution in [3.05, 3.63) is 29.8 Å². The number of carboxylic acid groups (broad SMARTS) is 1. The SMILES string of the molecule is CCC(C)CNCCOc1ccc(C(=O)O)cc1. The molecule has 4 heteroatoms. The smallest absolute Gasteiger partial charge is 0.335 e. The maximum atomic E-state index is 10.7. The summed E-state index contributed by atoms with van der Waals surface area (Å²) in [6.45, 7) is 6.76. The minimum atomic E-state index is -0.920. The molecule has 4 nitrogen and oxygen atoms in total. The normalized spacial score (nSPS) is 12.1. The van der Waals surface area contributed by atoms with E-state index in [0.717, 1.165) is 13.1 Å². The van der Waals surface area contributed by atoms with Crippen molar-refractivity contribution in [1.29, 1.82) is 0 Å². The summed E-state index contributed by atoms with van der Waals surface area (Å²) in [4.78, 5) is 10.7. The van der Waals surface area contributed by atoms with Crippen LogP contribution in [-0.4, -0.2) is 30.8 Å². The number of carbonyl (C=O) groups is 1. The second-order valence-corrected chi connectivity index (χ2v) is 4.40. The Hall–Kier alpha value is -1.55. The maximum absolute atomic E-state index is 10.7. The summed E-state index contributed by atoms with van der Waals surface area (Å²) in [5.74, 6) is 0.460. The lowest BCUT2D eigenvalue weighted by Gasteiger charge is -2.11. The van der Waals surface area contributed by atoms with E-state index in [9.17, 15) is 4.79 Å². The Morgan fingerprint density at radius 1 is 1.39 bits per heavy atom. The summed E-state index contributed by atoms with van der Waals surface area (Å²) in [6.07, 6.45) is 1.17. The van der Waals surface area contributed by atoms with Crippen LogP contribution in [-0.2, 0) is 0 Å². The predicted molar refractivity (Wildman–Crippen MR) is 71.2 cm³/mol. The average molecular weight is 251 g/mol. The van der Waals surface area contributed by atoms with Crippen molar-refractivity contribution < 1.29 is 14.6 Å². The molecule has 1 rings (SSSR count). The van der Waals surface area contributed by atoms with Gasteiger partial charge < -0.3 is 15.2 Å². The van der Waals surface area contributed by atoms with Crippen LogP contribution in [0.4, 0.5) is 0 Å². The molecule has 0 aromatic heterocycles. The van der Waals surface area contributed by atoms with Crippen LogP contribution in [0.1, 0.15) is 30.6 Å². The zero-order chi connectivity index (χ0) is 13.4. The number of ether oxygens (including phenoxy) is 1. The molecule has 0 radical (unpaired) electrons. The number of aromatic carboxylic acids is 1. The first-order chi connectivity index (χ1) is 8.63. The average Bonchev–Trinajstić information content (AvgIpc) is 2.38. The molecule has 0 saturated heterocycles. The van der Waals surface area contributed by atoms with Crippen LogP contribution in [0.25, 0.3) is 0 Å². The Kier molecular flexibility index (Phi) is 6.22. The topological polar surface area (TPSA) is 58.6 Å². The van der Waals surface area contributed by atoms with E-state index in [1.165, 1.54) is 6.42 Å². The summed E-state index contributed by atoms with van der Waals surface area (Å²) in [7, 11) is 0. The Balaban J connectivity index is 2.21. The summed E-state index contributed by atoms with van der Waals surface area (Å²) >= 11 is 0. The van der Waals surface area contributed by atoms with E-state index in [0.29, 0.717) is 18.3 Å². The van der Waals surface area contributed by atoms with Gasteiger partial charge >= 0.3 is 5.97 Å². The third-order valence-corrected chi connectivity index (χ3v) is 2.84. The van der Waals surface area contributed by atoms with E-state index in [-0.39, 0.29) is 5.56 Å². The molecule has 0 fully saturated rings. The van der Waals surface area contributed by atoms with Gasteiger partial charge in [-0.1, -0.05) is 20.3 Å². The lowest BCUT2D eigenvalue weighted by Crippen LogP contribution is -2.25. The molecule has 0 saturated carbocycles. The van der Waals surface area contributed by atoms with E-state index in [1.807, 2.05) is 0 Å². The molecule has 100 valence electrons. The van der Waals surface area contributed by atoms with Gasteiger partial charge in [0.1, 0.15) is 12.4 Å². The van der Waals surface area contributed by atoms with Crippen molar-refractivity contribution >= 4 is 5.97 Å². The van der Waals surface area contributed by atoms with Crippen LogP contribution in [0.3, 0.4) is 0 Å². The highest BCUT2D eigenvalue weighted by Crippen LogP contribution is 2.11. The van der Waals surface area contributed by atoms with E-state index in [1.54, 1.807) is 24.3 Å². The second kappa shape index (κ2) is 7.71. The number of benzene rings is 1. The summed E-state index contributed by atoms with van der Waals surface area (Å²) < 4.78 is 5.50. The van der Waals surface area contributed by atoms with Crippen LogP contribution in [0.15, 0.2) is 24.3 Å². The molecule has 1 unspecified atom stereocenters. The van der Waals surface area contributed by atoms with Crippen molar-refractivity contribution in [1.82, 2.24) is 5.32 Å². The molecular weight excluding hydrogens is 230 g/mol. The highest BCUT2D eigenvalue weighted by Gasteiger charge is 2.02. The molecule has 0 amide bonds. The highest BCUT2D eigenvalue weighted by atomic mass is 16.5. The lowest BCUT2D eigenvalue weighted by molar-refractivity contribution is 0.0697. The fraction of sp³-hybridized carbons (Fsp3) is 0.500.